The van der Waals surface area contributed by atoms with Crippen LogP contribution in [-0.2, 0) is 0 Å². The van der Waals surface area contributed by atoms with Gasteiger partial charge in [-0.25, -0.2) is 0 Å². The first-order valence-electron chi connectivity index (χ1n) is 9.15. The van der Waals surface area contributed by atoms with E-state index in [9.17, 15) is 23.1 Å². The molecule has 150 valence electrons. The Bertz CT molecular complexity index is 770. The van der Waals surface area contributed by atoms with Gasteiger partial charge in [-0.3, -0.25) is 4.79 Å². The van der Waals surface area contributed by atoms with Crippen molar-refractivity contribution in [2.45, 2.75) is 25.1 Å². The fourth-order valence-electron chi connectivity index (χ4n) is 3.38. The largest absolute Gasteiger partial charge is 0.484 e. The van der Waals surface area contributed by atoms with Crippen LogP contribution in [0.3, 0.4) is 0 Å². The predicted octanol–water partition coefficient (Wildman–Crippen LogP) is 4.21. The monoisotopic (exact) mass is 393 g/mol. The molecular weight excluding hydrogens is 371 g/mol. The normalized spacial score (nSPS) is 16.6. The SMILES string of the molecule is O=C(c1ccc(OCC(F)(F)F)cc1)N1CCC(C(O)c2ccccc2)CC1. The van der Waals surface area contributed by atoms with Gasteiger partial charge >= 0.3 is 6.18 Å². The van der Waals surface area contributed by atoms with Crippen molar-refractivity contribution in [1.82, 2.24) is 4.90 Å². The number of rotatable bonds is 5. The lowest BCUT2D eigenvalue weighted by Crippen LogP contribution is -2.39. The van der Waals surface area contributed by atoms with Gasteiger partial charge in [0, 0.05) is 18.7 Å². The Labute approximate surface area is 161 Å². The molecule has 1 aliphatic rings. The standard InChI is InChI=1S/C21H22F3NO3/c22-21(23,24)14-28-18-8-6-17(7-9-18)20(27)25-12-10-16(11-13-25)19(26)15-4-2-1-3-5-15/h1-9,16,19,26H,10-14H2. The van der Waals surface area contributed by atoms with Crippen LogP contribution in [-0.4, -0.2) is 41.8 Å². The summed E-state index contributed by atoms with van der Waals surface area (Å²) in [4.78, 5) is 14.3. The van der Waals surface area contributed by atoms with Crippen molar-refractivity contribution in [2.75, 3.05) is 19.7 Å². The number of nitrogens with zero attached hydrogens (tertiary/aromatic N) is 1. The van der Waals surface area contributed by atoms with Crippen LogP contribution in [0.5, 0.6) is 5.75 Å². The van der Waals surface area contributed by atoms with Crippen molar-refractivity contribution in [3.63, 3.8) is 0 Å². The minimum atomic E-state index is -4.40. The molecule has 1 aliphatic heterocycles. The summed E-state index contributed by atoms with van der Waals surface area (Å²) in [5, 5.41) is 10.5. The van der Waals surface area contributed by atoms with E-state index in [2.05, 4.69) is 4.74 Å². The molecule has 1 saturated heterocycles. The maximum absolute atomic E-state index is 12.6. The summed E-state index contributed by atoms with van der Waals surface area (Å²) >= 11 is 0. The number of aliphatic hydroxyl groups is 1. The maximum Gasteiger partial charge on any atom is 0.422 e. The zero-order valence-electron chi connectivity index (χ0n) is 15.2. The van der Waals surface area contributed by atoms with Crippen LogP contribution in [0.15, 0.2) is 54.6 Å². The number of hydrogen-bond donors (Lipinski definition) is 1. The molecular formula is C21H22F3NO3. The van der Waals surface area contributed by atoms with Crippen LogP contribution in [0.1, 0.15) is 34.9 Å². The summed E-state index contributed by atoms with van der Waals surface area (Å²) in [6, 6.07) is 15.1. The van der Waals surface area contributed by atoms with E-state index in [4.69, 9.17) is 0 Å². The van der Waals surface area contributed by atoms with E-state index in [1.807, 2.05) is 30.3 Å². The average molecular weight is 393 g/mol. The van der Waals surface area contributed by atoms with Gasteiger partial charge in [0.1, 0.15) is 5.75 Å². The van der Waals surface area contributed by atoms with Crippen molar-refractivity contribution in [3.8, 4) is 5.75 Å². The van der Waals surface area contributed by atoms with E-state index < -0.39 is 18.9 Å². The highest BCUT2D eigenvalue weighted by atomic mass is 19.4. The summed E-state index contributed by atoms with van der Waals surface area (Å²) in [7, 11) is 0. The van der Waals surface area contributed by atoms with Gasteiger partial charge in [-0.15, -0.1) is 0 Å². The maximum atomic E-state index is 12.6. The number of amides is 1. The molecule has 0 radical (unpaired) electrons. The van der Waals surface area contributed by atoms with Crippen LogP contribution in [0.4, 0.5) is 13.2 Å². The molecule has 0 bridgehead atoms. The van der Waals surface area contributed by atoms with Crippen LogP contribution in [0.2, 0.25) is 0 Å². The fourth-order valence-corrected chi connectivity index (χ4v) is 3.38. The van der Waals surface area contributed by atoms with Crippen molar-refractivity contribution in [2.24, 2.45) is 5.92 Å². The highest BCUT2D eigenvalue weighted by Crippen LogP contribution is 2.31. The first-order valence-corrected chi connectivity index (χ1v) is 9.15. The fraction of sp³-hybridized carbons (Fsp3) is 0.381. The number of ether oxygens (including phenoxy) is 1. The zero-order valence-corrected chi connectivity index (χ0v) is 15.2. The van der Waals surface area contributed by atoms with Crippen molar-refractivity contribution in [3.05, 3.63) is 65.7 Å². The van der Waals surface area contributed by atoms with Crippen LogP contribution >= 0.6 is 0 Å². The quantitative estimate of drug-likeness (QED) is 0.828. The molecule has 1 atom stereocenters. The molecule has 4 nitrogen and oxygen atoms in total. The predicted molar refractivity (Wildman–Crippen MR) is 98.0 cm³/mol. The number of benzene rings is 2. The summed E-state index contributed by atoms with van der Waals surface area (Å²) in [6.07, 6.45) is -3.57. The molecule has 7 heteroatoms. The Hall–Kier alpha value is -2.54. The molecule has 3 rings (SSSR count). The number of piperidine rings is 1. The van der Waals surface area contributed by atoms with Gasteiger partial charge in [-0.05, 0) is 48.6 Å². The Balaban J connectivity index is 1.53. The summed E-state index contributed by atoms with van der Waals surface area (Å²) < 4.78 is 41.2. The van der Waals surface area contributed by atoms with Crippen molar-refractivity contribution >= 4 is 5.91 Å². The number of alkyl halides is 3. The number of carbonyl (C=O) groups is 1. The second-order valence-corrected chi connectivity index (χ2v) is 6.91. The Morgan fingerprint density at radius 2 is 1.68 bits per heavy atom. The van der Waals surface area contributed by atoms with Gasteiger partial charge in [0.05, 0.1) is 6.10 Å². The molecule has 2 aromatic carbocycles. The number of halogens is 3. The summed E-state index contributed by atoms with van der Waals surface area (Å²) in [5.41, 5.74) is 1.28. The molecule has 1 amide bonds. The third kappa shape index (κ3) is 5.25. The van der Waals surface area contributed by atoms with Gasteiger partial charge < -0.3 is 14.7 Å². The van der Waals surface area contributed by atoms with Crippen LogP contribution in [0, 0.1) is 5.92 Å². The highest BCUT2D eigenvalue weighted by molar-refractivity contribution is 5.94. The average Bonchev–Trinajstić information content (AvgIpc) is 2.72. The molecule has 0 aromatic heterocycles. The van der Waals surface area contributed by atoms with E-state index in [0.29, 0.717) is 31.5 Å². The van der Waals surface area contributed by atoms with Crippen molar-refractivity contribution < 1.29 is 27.8 Å². The van der Waals surface area contributed by atoms with E-state index in [0.717, 1.165) is 5.56 Å². The first-order chi connectivity index (χ1) is 13.3. The summed E-state index contributed by atoms with van der Waals surface area (Å²) in [6.45, 7) is -0.309. The third-order valence-electron chi connectivity index (χ3n) is 4.92. The van der Waals surface area contributed by atoms with E-state index in [1.165, 1.54) is 24.3 Å². The van der Waals surface area contributed by atoms with E-state index in [-0.39, 0.29) is 17.6 Å². The molecule has 1 N–H and O–H groups in total. The second-order valence-electron chi connectivity index (χ2n) is 6.91. The van der Waals surface area contributed by atoms with Gasteiger partial charge in [0.2, 0.25) is 0 Å². The van der Waals surface area contributed by atoms with Gasteiger partial charge in [0.25, 0.3) is 5.91 Å². The number of aliphatic hydroxyl groups excluding tert-OH is 1. The highest BCUT2D eigenvalue weighted by Gasteiger charge is 2.29. The lowest BCUT2D eigenvalue weighted by atomic mass is 9.87. The second kappa shape index (κ2) is 8.65. The lowest BCUT2D eigenvalue weighted by molar-refractivity contribution is -0.153. The van der Waals surface area contributed by atoms with Crippen LogP contribution in [0.25, 0.3) is 0 Å². The molecule has 0 saturated carbocycles. The lowest BCUT2D eigenvalue weighted by Gasteiger charge is -2.34. The first kappa shape index (κ1) is 20.2. The number of hydrogen-bond acceptors (Lipinski definition) is 3. The Morgan fingerprint density at radius 3 is 2.25 bits per heavy atom. The van der Waals surface area contributed by atoms with Gasteiger partial charge in [0.15, 0.2) is 6.61 Å². The zero-order chi connectivity index (χ0) is 20.1. The number of likely N-dealkylation sites (tertiary alicyclic amines) is 1. The number of carbonyl (C=O) groups excluding carboxylic acids is 1. The van der Waals surface area contributed by atoms with E-state index >= 15 is 0 Å². The molecule has 1 unspecified atom stereocenters. The van der Waals surface area contributed by atoms with Gasteiger partial charge in [-0.1, -0.05) is 30.3 Å². The minimum Gasteiger partial charge on any atom is -0.484 e. The van der Waals surface area contributed by atoms with E-state index in [1.54, 1.807) is 4.90 Å². The molecule has 1 fully saturated rings. The summed E-state index contributed by atoms with van der Waals surface area (Å²) in [5.74, 6) is -0.0156. The molecule has 1 heterocycles. The molecule has 0 spiro atoms. The topological polar surface area (TPSA) is 49.8 Å². The smallest absolute Gasteiger partial charge is 0.422 e. The molecule has 28 heavy (non-hydrogen) atoms. The Kier molecular flexibility index (Phi) is 6.24. The Morgan fingerprint density at radius 1 is 1.07 bits per heavy atom. The van der Waals surface area contributed by atoms with Crippen LogP contribution < -0.4 is 4.74 Å². The molecule has 0 aliphatic carbocycles. The minimum absolute atomic E-state index is 0.0681. The molecule has 2 aromatic rings. The van der Waals surface area contributed by atoms with Gasteiger partial charge in [-0.2, -0.15) is 13.2 Å². The van der Waals surface area contributed by atoms with Crippen molar-refractivity contribution in [1.29, 1.82) is 0 Å². The third-order valence-corrected chi connectivity index (χ3v) is 4.92.